The van der Waals surface area contributed by atoms with Gasteiger partial charge >= 0.3 is 0 Å². The van der Waals surface area contributed by atoms with E-state index in [2.05, 4.69) is 19.2 Å². The first-order valence-electron chi connectivity index (χ1n) is 6.19. The molecule has 1 aliphatic rings. The van der Waals surface area contributed by atoms with Crippen LogP contribution in [0.4, 0.5) is 5.69 Å². The van der Waals surface area contributed by atoms with Crippen molar-refractivity contribution in [2.45, 2.75) is 20.3 Å². The predicted molar refractivity (Wildman–Crippen MR) is 75.3 cm³/mol. The highest BCUT2D eigenvalue weighted by Crippen LogP contribution is 2.31. The molecule has 1 aromatic carbocycles. The molecule has 1 aliphatic heterocycles. The number of hydrogen-bond acceptors (Lipinski definition) is 2. The molecule has 1 aromatic rings. The third kappa shape index (κ3) is 2.61. The molecule has 0 radical (unpaired) electrons. The molecule has 98 valence electrons. The normalized spacial score (nSPS) is 17.9. The predicted octanol–water partition coefficient (Wildman–Crippen LogP) is 3.25. The van der Waals surface area contributed by atoms with Crippen molar-refractivity contribution in [3.63, 3.8) is 0 Å². The third-order valence-electron chi connectivity index (χ3n) is 3.45. The molecule has 1 heterocycles. The summed E-state index contributed by atoms with van der Waals surface area (Å²) in [4.78, 5) is 14.4. The molecule has 0 bridgehead atoms. The maximum absolute atomic E-state index is 12.5. The summed E-state index contributed by atoms with van der Waals surface area (Å²) in [5, 5.41) is 3.64. The quantitative estimate of drug-likeness (QED) is 0.891. The van der Waals surface area contributed by atoms with Gasteiger partial charge in [-0.05, 0) is 30.0 Å². The minimum Gasteiger partial charge on any atom is -0.387 e. The maximum Gasteiger partial charge on any atom is 0.256 e. The van der Waals surface area contributed by atoms with Crippen LogP contribution in [-0.2, 0) is 0 Å². The minimum atomic E-state index is 0.0624. The first kappa shape index (κ1) is 13.2. The molecule has 1 amide bonds. The van der Waals surface area contributed by atoms with E-state index in [1.54, 1.807) is 12.1 Å². The molecule has 1 saturated heterocycles. The summed E-state index contributed by atoms with van der Waals surface area (Å²) in [5.74, 6) is 0.0624. The summed E-state index contributed by atoms with van der Waals surface area (Å²) < 4.78 is 0. The van der Waals surface area contributed by atoms with Crippen LogP contribution in [0.5, 0.6) is 0 Å². The Morgan fingerprint density at radius 3 is 2.72 bits per heavy atom. The second kappa shape index (κ2) is 4.81. The van der Waals surface area contributed by atoms with E-state index in [-0.39, 0.29) is 11.3 Å². The van der Waals surface area contributed by atoms with Crippen molar-refractivity contribution in [3.05, 3.63) is 28.8 Å². The van der Waals surface area contributed by atoms with E-state index in [9.17, 15) is 4.79 Å². The van der Waals surface area contributed by atoms with E-state index in [1.165, 1.54) is 0 Å². The van der Waals surface area contributed by atoms with Gasteiger partial charge in [-0.2, -0.15) is 0 Å². The molecule has 0 spiro atoms. The molecule has 0 unspecified atom stereocenters. The molecule has 18 heavy (non-hydrogen) atoms. The van der Waals surface area contributed by atoms with Crippen molar-refractivity contribution in [3.8, 4) is 0 Å². The van der Waals surface area contributed by atoms with Gasteiger partial charge in [0.1, 0.15) is 0 Å². The van der Waals surface area contributed by atoms with Crippen molar-refractivity contribution < 1.29 is 4.79 Å². The third-order valence-corrected chi connectivity index (χ3v) is 3.68. The van der Waals surface area contributed by atoms with Gasteiger partial charge in [0.25, 0.3) is 5.91 Å². The fourth-order valence-electron chi connectivity index (χ4n) is 2.37. The number of carbonyl (C=O) groups is 1. The number of likely N-dealkylation sites (tertiary alicyclic amines) is 1. The van der Waals surface area contributed by atoms with Gasteiger partial charge in [-0.25, -0.2) is 0 Å². The summed E-state index contributed by atoms with van der Waals surface area (Å²) in [6.07, 6.45) is 1.05. The van der Waals surface area contributed by atoms with Crippen LogP contribution in [0, 0.1) is 5.41 Å². The lowest BCUT2D eigenvalue weighted by molar-refractivity contribution is 0.0779. The lowest BCUT2D eigenvalue weighted by Gasteiger charge is -2.21. The molecule has 0 atom stereocenters. The Balaban J connectivity index is 2.26. The molecule has 0 aliphatic carbocycles. The molecule has 0 saturated carbocycles. The van der Waals surface area contributed by atoms with Gasteiger partial charge in [0, 0.05) is 30.8 Å². The number of carbonyl (C=O) groups excluding carboxylic acids is 1. The van der Waals surface area contributed by atoms with Gasteiger partial charge in [0.05, 0.1) is 5.56 Å². The standard InChI is InChI=1S/C14H19ClN2O/c1-14(2)6-7-17(9-14)13(18)11-8-10(15)4-5-12(11)16-3/h4-5,8,16H,6-7,9H2,1-3H3. The van der Waals surface area contributed by atoms with Gasteiger partial charge in [0.2, 0.25) is 0 Å². The zero-order valence-corrected chi connectivity index (χ0v) is 11.8. The summed E-state index contributed by atoms with van der Waals surface area (Å²) in [5.41, 5.74) is 1.70. The van der Waals surface area contributed by atoms with Gasteiger partial charge < -0.3 is 10.2 Å². The summed E-state index contributed by atoms with van der Waals surface area (Å²) >= 11 is 5.98. The Labute approximate surface area is 113 Å². The number of rotatable bonds is 2. The number of anilines is 1. The fourth-order valence-corrected chi connectivity index (χ4v) is 2.54. The van der Waals surface area contributed by atoms with Crippen LogP contribution in [0.2, 0.25) is 5.02 Å². The Hall–Kier alpha value is -1.22. The number of hydrogen-bond donors (Lipinski definition) is 1. The average Bonchev–Trinajstić information content (AvgIpc) is 2.68. The van der Waals surface area contributed by atoms with E-state index in [4.69, 9.17) is 11.6 Å². The number of nitrogens with zero attached hydrogens (tertiary/aromatic N) is 1. The summed E-state index contributed by atoms with van der Waals surface area (Å²) in [6, 6.07) is 5.37. The number of nitrogens with one attached hydrogen (secondary N) is 1. The molecule has 2 rings (SSSR count). The Kier molecular flexibility index (Phi) is 3.53. The van der Waals surface area contributed by atoms with Crippen LogP contribution in [-0.4, -0.2) is 30.9 Å². The Morgan fingerprint density at radius 2 is 2.17 bits per heavy atom. The van der Waals surface area contributed by atoms with Crippen LogP contribution >= 0.6 is 11.6 Å². The van der Waals surface area contributed by atoms with Crippen molar-refractivity contribution in [1.29, 1.82) is 0 Å². The summed E-state index contributed by atoms with van der Waals surface area (Å²) in [7, 11) is 1.81. The molecular weight excluding hydrogens is 248 g/mol. The lowest BCUT2D eigenvalue weighted by atomic mass is 9.93. The second-order valence-electron chi connectivity index (χ2n) is 5.58. The number of benzene rings is 1. The molecule has 3 nitrogen and oxygen atoms in total. The Morgan fingerprint density at radius 1 is 1.44 bits per heavy atom. The smallest absolute Gasteiger partial charge is 0.256 e. The van der Waals surface area contributed by atoms with E-state index in [0.29, 0.717) is 10.6 Å². The highest BCUT2D eigenvalue weighted by Gasteiger charge is 2.33. The fraction of sp³-hybridized carbons (Fsp3) is 0.500. The second-order valence-corrected chi connectivity index (χ2v) is 6.02. The van der Waals surface area contributed by atoms with Crippen LogP contribution in [0.25, 0.3) is 0 Å². The van der Waals surface area contributed by atoms with Crippen molar-refractivity contribution in [1.82, 2.24) is 4.90 Å². The van der Waals surface area contributed by atoms with Crippen LogP contribution < -0.4 is 5.32 Å². The van der Waals surface area contributed by atoms with Crippen molar-refractivity contribution in [2.24, 2.45) is 5.41 Å². The van der Waals surface area contributed by atoms with Gasteiger partial charge in [0.15, 0.2) is 0 Å². The van der Waals surface area contributed by atoms with Crippen LogP contribution in [0.1, 0.15) is 30.6 Å². The zero-order chi connectivity index (χ0) is 13.3. The molecule has 1 N–H and O–H groups in total. The van der Waals surface area contributed by atoms with E-state index < -0.39 is 0 Å². The zero-order valence-electron chi connectivity index (χ0n) is 11.1. The molecule has 4 heteroatoms. The van der Waals surface area contributed by atoms with E-state index >= 15 is 0 Å². The van der Waals surface area contributed by atoms with Crippen LogP contribution in [0.15, 0.2) is 18.2 Å². The topological polar surface area (TPSA) is 32.3 Å². The van der Waals surface area contributed by atoms with Crippen LogP contribution in [0.3, 0.4) is 0 Å². The first-order chi connectivity index (χ1) is 8.43. The van der Waals surface area contributed by atoms with Gasteiger partial charge in [-0.15, -0.1) is 0 Å². The monoisotopic (exact) mass is 266 g/mol. The van der Waals surface area contributed by atoms with Gasteiger partial charge in [-0.3, -0.25) is 4.79 Å². The number of amides is 1. The highest BCUT2D eigenvalue weighted by molar-refractivity contribution is 6.31. The lowest BCUT2D eigenvalue weighted by Crippen LogP contribution is -2.30. The maximum atomic E-state index is 12.5. The summed E-state index contributed by atoms with van der Waals surface area (Å²) in [6.45, 7) is 6.01. The SMILES string of the molecule is CNc1ccc(Cl)cc1C(=O)N1CCC(C)(C)C1. The average molecular weight is 267 g/mol. The highest BCUT2D eigenvalue weighted by atomic mass is 35.5. The molecule has 1 fully saturated rings. The van der Waals surface area contributed by atoms with Gasteiger partial charge in [-0.1, -0.05) is 25.4 Å². The molecule has 0 aromatic heterocycles. The largest absolute Gasteiger partial charge is 0.387 e. The minimum absolute atomic E-state index is 0.0624. The van der Waals surface area contributed by atoms with E-state index in [1.807, 2.05) is 18.0 Å². The number of halogens is 1. The Bertz CT molecular complexity index is 471. The van der Waals surface area contributed by atoms with Crippen molar-refractivity contribution in [2.75, 3.05) is 25.5 Å². The van der Waals surface area contributed by atoms with E-state index in [0.717, 1.165) is 25.2 Å². The first-order valence-corrected chi connectivity index (χ1v) is 6.57. The molecular formula is C14H19ClN2O. The van der Waals surface area contributed by atoms with Crippen molar-refractivity contribution >= 4 is 23.2 Å².